The van der Waals surface area contributed by atoms with Crippen LogP contribution in [0.25, 0.3) is 0 Å². The molecule has 0 fully saturated rings. The van der Waals surface area contributed by atoms with Gasteiger partial charge in [-0.15, -0.1) is 0 Å². The van der Waals surface area contributed by atoms with Crippen LogP contribution in [-0.4, -0.2) is 11.1 Å². The molecule has 0 aliphatic heterocycles. The zero-order valence-electron chi connectivity index (χ0n) is 8.40. The first-order valence-corrected chi connectivity index (χ1v) is 4.61. The van der Waals surface area contributed by atoms with Crippen LogP contribution < -0.4 is 5.73 Å². The highest BCUT2D eigenvalue weighted by Gasteiger charge is 2.18. The second-order valence-corrected chi connectivity index (χ2v) is 3.60. The van der Waals surface area contributed by atoms with Crippen LogP contribution in [-0.2, 0) is 4.79 Å². The highest BCUT2D eigenvalue weighted by molar-refractivity contribution is 5.75. The highest BCUT2D eigenvalue weighted by atomic mass is 16.4. The van der Waals surface area contributed by atoms with Crippen molar-refractivity contribution in [3.05, 3.63) is 35.4 Å². The summed E-state index contributed by atoms with van der Waals surface area (Å²) in [4.78, 5) is 10.7. The Kier molecular flexibility index (Phi) is 3.25. The molecular formula is C11H15NO2. The van der Waals surface area contributed by atoms with Crippen molar-refractivity contribution in [3.8, 4) is 0 Å². The van der Waals surface area contributed by atoms with E-state index in [2.05, 4.69) is 0 Å². The molecule has 76 valence electrons. The van der Waals surface area contributed by atoms with Crippen LogP contribution in [0.15, 0.2) is 24.3 Å². The average Bonchev–Trinajstić information content (AvgIpc) is 2.16. The summed E-state index contributed by atoms with van der Waals surface area (Å²) >= 11 is 0. The number of rotatable bonds is 3. The third-order valence-corrected chi connectivity index (χ3v) is 2.22. The Morgan fingerprint density at radius 2 is 1.79 bits per heavy atom. The van der Waals surface area contributed by atoms with Crippen molar-refractivity contribution < 1.29 is 9.90 Å². The molecule has 1 aromatic rings. The van der Waals surface area contributed by atoms with Gasteiger partial charge in [0.15, 0.2) is 0 Å². The molecule has 1 rings (SSSR count). The molecule has 0 saturated heterocycles. The molecule has 0 heterocycles. The predicted octanol–water partition coefficient (Wildman–Crippen LogP) is 1.89. The fourth-order valence-electron chi connectivity index (χ4n) is 1.45. The quantitative estimate of drug-likeness (QED) is 0.770. The summed E-state index contributed by atoms with van der Waals surface area (Å²) in [5.41, 5.74) is 7.28. The number of carboxylic acid groups (broad SMARTS) is 1. The third-order valence-electron chi connectivity index (χ3n) is 2.22. The topological polar surface area (TPSA) is 63.3 Å². The van der Waals surface area contributed by atoms with Crippen LogP contribution >= 0.6 is 0 Å². The van der Waals surface area contributed by atoms with Gasteiger partial charge < -0.3 is 10.8 Å². The number of nitrogens with two attached hydrogens (primary N) is 1. The first-order chi connectivity index (χ1) is 6.54. The second kappa shape index (κ2) is 4.24. The second-order valence-electron chi connectivity index (χ2n) is 3.60. The van der Waals surface area contributed by atoms with Crippen LogP contribution in [0, 0.1) is 0 Å². The van der Waals surface area contributed by atoms with Gasteiger partial charge in [-0.1, -0.05) is 38.1 Å². The minimum Gasteiger partial charge on any atom is -0.480 e. The maximum Gasteiger partial charge on any atom is 0.325 e. The summed E-state index contributed by atoms with van der Waals surface area (Å²) in [6.07, 6.45) is 0. The molecule has 0 aromatic heterocycles. The zero-order valence-corrected chi connectivity index (χ0v) is 8.40. The van der Waals surface area contributed by atoms with Crippen molar-refractivity contribution in [3.63, 3.8) is 0 Å². The van der Waals surface area contributed by atoms with E-state index >= 15 is 0 Å². The summed E-state index contributed by atoms with van der Waals surface area (Å²) in [5, 5.41) is 8.82. The van der Waals surface area contributed by atoms with Crippen molar-refractivity contribution in [2.45, 2.75) is 25.8 Å². The molecule has 3 N–H and O–H groups in total. The molecule has 0 amide bonds. The van der Waals surface area contributed by atoms with Gasteiger partial charge in [0.25, 0.3) is 0 Å². The number of hydrogen-bond donors (Lipinski definition) is 2. The van der Waals surface area contributed by atoms with Crippen LogP contribution in [0.2, 0.25) is 0 Å². The van der Waals surface area contributed by atoms with Crippen molar-refractivity contribution in [2.75, 3.05) is 0 Å². The van der Waals surface area contributed by atoms with E-state index in [9.17, 15) is 4.79 Å². The summed E-state index contributed by atoms with van der Waals surface area (Å²) in [6.45, 7) is 4.04. The number of carbonyl (C=O) groups is 1. The van der Waals surface area contributed by atoms with Gasteiger partial charge in [-0.3, -0.25) is 4.79 Å². The summed E-state index contributed by atoms with van der Waals surface area (Å²) < 4.78 is 0. The SMILES string of the molecule is CC(C)c1ccccc1C(N)C(=O)O. The maximum absolute atomic E-state index is 10.7. The Morgan fingerprint density at radius 1 is 1.29 bits per heavy atom. The minimum atomic E-state index is -0.988. The number of aliphatic carboxylic acids is 1. The molecule has 0 bridgehead atoms. The van der Waals surface area contributed by atoms with Crippen LogP contribution in [0.3, 0.4) is 0 Å². The lowest BCUT2D eigenvalue weighted by atomic mass is 9.93. The molecule has 14 heavy (non-hydrogen) atoms. The molecule has 1 aromatic carbocycles. The summed E-state index contributed by atoms with van der Waals surface area (Å²) in [6, 6.07) is 6.47. The highest BCUT2D eigenvalue weighted by Crippen LogP contribution is 2.23. The Bertz CT molecular complexity index is 334. The van der Waals surface area contributed by atoms with Gasteiger partial charge >= 0.3 is 5.97 Å². The summed E-state index contributed by atoms with van der Waals surface area (Å²) in [5.74, 6) is -0.699. The van der Waals surface area contributed by atoms with E-state index in [4.69, 9.17) is 10.8 Å². The van der Waals surface area contributed by atoms with Crippen molar-refractivity contribution >= 4 is 5.97 Å². The van der Waals surface area contributed by atoms with Crippen molar-refractivity contribution in [2.24, 2.45) is 5.73 Å². The Morgan fingerprint density at radius 3 is 2.21 bits per heavy atom. The molecule has 0 saturated carbocycles. The smallest absolute Gasteiger partial charge is 0.325 e. The van der Waals surface area contributed by atoms with Crippen molar-refractivity contribution in [1.82, 2.24) is 0 Å². The third kappa shape index (κ3) is 2.12. The van der Waals surface area contributed by atoms with Crippen LogP contribution in [0.4, 0.5) is 0 Å². The standard InChI is InChI=1S/C11H15NO2/c1-7(2)8-5-3-4-6-9(8)10(12)11(13)14/h3-7,10H,12H2,1-2H3,(H,13,14). The van der Waals surface area contributed by atoms with Gasteiger partial charge in [0.05, 0.1) is 0 Å². The Balaban J connectivity index is 3.13. The largest absolute Gasteiger partial charge is 0.480 e. The molecule has 3 nitrogen and oxygen atoms in total. The Labute approximate surface area is 83.6 Å². The van der Waals surface area contributed by atoms with Crippen LogP contribution in [0.5, 0.6) is 0 Å². The average molecular weight is 193 g/mol. The number of benzene rings is 1. The molecule has 3 heteroatoms. The van der Waals surface area contributed by atoms with Gasteiger partial charge in [0, 0.05) is 0 Å². The number of hydrogen-bond acceptors (Lipinski definition) is 2. The maximum atomic E-state index is 10.7. The zero-order chi connectivity index (χ0) is 10.7. The van der Waals surface area contributed by atoms with Gasteiger partial charge in [-0.2, -0.15) is 0 Å². The molecule has 1 atom stereocenters. The fraction of sp³-hybridized carbons (Fsp3) is 0.364. The lowest BCUT2D eigenvalue weighted by Crippen LogP contribution is -2.22. The first kappa shape index (κ1) is 10.7. The molecule has 0 aliphatic rings. The first-order valence-electron chi connectivity index (χ1n) is 4.61. The molecule has 0 spiro atoms. The van der Waals surface area contributed by atoms with E-state index < -0.39 is 12.0 Å². The van der Waals surface area contributed by atoms with Crippen molar-refractivity contribution in [1.29, 1.82) is 0 Å². The molecule has 1 unspecified atom stereocenters. The minimum absolute atomic E-state index is 0.289. The molecule has 0 radical (unpaired) electrons. The monoisotopic (exact) mass is 193 g/mol. The van der Waals surface area contributed by atoms with E-state index in [1.807, 2.05) is 32.0 Å². The normalized spacial score (nSPS) is 12.9. The predicted molar refractivity (Wildman–Crippen MR) is 55.1 cm³/mol. The molecular weight excluding hydrogens is 178 g/mol. The van der Waals surface area contributed by atoms with E-state index in [1.165, 1.54) is 0 Å². The van der Waals surface area contributed by atoms with Gasteiger partial charge in [0.2, 0.25) is 0 Å². The van der Waals surface area contributed by atoms with Gasteiger partial charge in [-0.05, 0) is 17.0 Å². The van der Waals surface area contributed by atoms with E-state index in [0.717, 1.165) is 5.56 Å². The Hall–Kier alpha value is -1.35. The van der Waals surface area contributed by atoms with Crippen LogP contribution in [0.1, 0.15) is 36.9 Å². The lowest BCUT2D eigenvalue weighted by molar-refractivity contribution is -0.138. The number of carboxylic acids is 1. The lowest BCUT2D eigenvalue weighted by Gasteiger charge is -2.15. The van der Waals surface area contributed by atoms with Gasteiger partial charge in [0.1, 0.15) is 6.04 Å². The van der Waals surface area contributed by atoms with E-state index in [0.29, 0.717) is 5.56 Å². The fourth-order valence-corrected chi connectivity index (χ4v) is 1.45. The van der Waals surface area contributed by atoms with E-state index in [1.54, 1.807) is 6.07 Å². The molecule has 0 aliphatic carbocycles. The van der Waals surface area contributed by atoms with Gasteiger partial charge in [-0.25, -0.2) is 0 Å². The summed E-state index contributed by atoms with van der Waals surface area (Å²) in [7, 11) is 0. The van der Waals surface area contributed by atoms with E-state index in [-0.39, 0.29) is 5.92 Å².